The minimum absolute atomic E-state index is 0.0345. The summed E-state index contributed by atoms with van der Waals surface area (Å²) >= 11 is 0. The second kappa shape index (κ2) is 7.19. The van der Waals surface area contributed by atoms with Crippen LogP contribution in [0.3, 0.4) is 0 Å². The first-order valence-corrected chi connectivity index (χ1v) is 8.86. The summed E-state index contributed by atoms with van der Waals surface area (Å²) in [5.74, 6) is -0.788. The Morgan fingerprint density at radius 1 is 1.15 bits per heavy atom. The van der Waals surface area contributed by atoms with Gasteiger partial charge in [0.1, 0.15) is 18.0 Å². The highest BCUT2D eigenvalue weighted by atomic mass is 19.1. The predicted molar refractivity (Wildman–Crippen MR) is 96.1 cm³/mol. The van der Waals surface area contributed by atoms with Crippen LogP contribution in [0, 0.1) is 11.7 Å². The molecular weight excluding hydrogens is 352 g/mol. The monoisotopic (exact) mass is 371 g/mol. The predicted octanol–water partition coefficient (Wildman–Crippen LogP) is 3.71. The van der Waals surface area contributed by atoms with Crippen molar-refractivity contribution in [2.75, 3.05) is 19.9 Å². The largest absolute Gasteiger partial charge is 0.480 e. The van der Waals surface area contributed by atoms with Crippen molar-refractivity contribution in [3.63, 3.8) is 0 Å². The van der Waals surface area contributed by atoms with Crippen LogP contribution in [0.25, 0.3) is 0 Å². The molecule has 1 unspecified atom stereocenters. The standard InChI is InChI=1S/C21H19F2NO3/c22-11-19-16-12-26-20(10-18(25)14-6-2-1-3-7-14)24-21(16,13-27-19)15-8-4-5-9-17(15)23/h1-9,16,19H,10-13H2/t16-,19?,21-/m1/s1. The van der Waals surface area contributed by atoms with Gasteiger partial charge in [-0.3, -0.25) is 4.79 Å². The first-order chi connectivity index (χ1) is 13.1. The van der Waals surface area contributed by atoms with E-state index >= 15 is 0 Å². The lowest BCUT2D eigenvalue weighted by molar-refractivity contribution is 0.0524. The quantitative estimate of drug-likeness (QED) is 0.753. The number of Topliss-reactive ketones (excluding diaryl/α,β-unsaturated/α-hetero) is 1. The second-order valence-corrected chi connectivity index (χ2v) is 6.80. The van der Waals surface area contributed by atoms with Gasteiger partial charge in [0.2, 0.25) is 0 Å². The Balaban J connectivity index is 1.70. The summed E-state index contributed by atoms with van der Waals surface area (Å²) in [7, 11) is 0. The number of alkyl halides is 1. The molecule has 0 N–H and O–H groups in total. The van der Waals surface area contributed by atoms with E-state index < -0.39 is 30.1 Å². The molecule has 6 heteroatoms. The number of hydrogen-bond acceptors (Lipinski definition) is 4. The maximum atomic E-state index is 14.6. The van der Waals surface area contributed by atoms with Crippen LogP contribution in [0.2, 0.25) is 0 Å². The minimum Gasteiger partial charge on any atom is -0.480 e. The van der Waals surface area contributed by atoms with Gasteiger partial charge < -0.3 is 9.47 Å². The molecule has 2 aliphatic rings. The number of benzene rings is 2. The molecule has 2 heterocycles. The van der Waals surface area contributed by atoms with Gasteiger partial charge in [0.15, 0.2) is 11.7 Å². The Morgan fingerprint density at radius 3 is 2.63 bits per heavy atom. The Morgan fingerprint density at radius 2 is 1.89 bits per heavy atom. The van der Waals surface area contributed by atoms with Gasteiger partial charge in [0.05, 0.1) is 31.7 Å². The molecule has 0 aromatic heterocycles. The van der Waals surface area contributed by atoms with Crippen LogP contribution in [0.5, 0.6) is 0 Å². The molecule has 2 aromatic carbocycles. The summed E-state index contributed by atoms with van der Waals surface area (Å²) < 4.78 is 39.2. The van der Waals surface area contributed by atoms with Crippen LogP contribution in [-0.2, 0) is 15.0 Å². The van der Waals surface area contributed by atoms with Crippen molar-refractivity contribution < 1.29 is 23.0 Å². The van der Waals surface area contributed by atoms with E-state index in [0.717, 1.165) is 0 Å². The van der Waals surface area contributed by atoms with Crippen molar-refractivity contribution in [3.8, 4) is 0 Å². The van der Waals surface area contributed by atoms with Gasteiger partial charge in [-0.1, -0.05) is 48.5 Å². The molecule has 4 rings (SSSR count). The number of aliphatic imine (C=N–C) groups is 1. The van der Waals surface area contributed by atoms with Crippen LogP contribution >= 0.6 is 0 Å². The third kappa shape index (κ3) is 3.14. The molecule has 4 nitrogen and oxygen atoms in total. The van der Waals surface area contributed by atoms with Crippen LogP contribution < -0.4 is 0 Å². The van der Waals surface area contributed by atoms with Gasteiger partial charge >= 0.3 is 0 Å². The first kappa shape index (κ1) is 17.8. The zero-order chi connectivity index (χ0) is 18.9. The third-order valence-corrected chi connectivity index (χ3v) is 5.23. The average Bonchev–Trinajstić information content (AvgIpc) is 3.07. The molecule has 0 aliphatic carbocycles. The van der Waals surface area contributed by atoms with Gasteiger partial charge in [-0.15, -0.1) is 0 Å². The molecule has 140 valence electrons. The summed E-state index contributed by atoms with van der Waals surface area (Å²) in [6, 6.07) is 15.1. The molecule has 0 radical (unpaired) electrons. The Kier molecular flexibility index (Phi) is 4.74. The number of ketones is 1. The fourth-order valence-electron chi connectivity index (χ4n) is 3.82. The number of ether oxygens (including phenoxy) is 2. The normalized spacial score (nSPS) is 26.8. The van der Waals surface area contributed by atoms with Gasteiger partial charge in [0.25, 0.3) is 0 Å². The number of hydrogen-bond donors (Lipinski definition) is 0. The fourth-order valence-corrected chi connectivity index (χ4v) is 3.82. The lowest BCUT2D eigenvalue weighted by atomic mass is 9.77. The highest BCUT2D eigenvalue weighted by molar-refractivity contribution is 6.07. The maximum absolute atomic E-state index is 14.6. The van der Waals surface area contributed by atoms with E-state index in [-0.39, 0.29) is 31.3 Å². The third-order valence-electron chi connectivity index (χ3n) is 5.23. The molecule has 0 bridgehead atoms. The SMILES string of the molecule is O=C(CC1=N[C@@]2(c3ccccc3F)COC(CF)[C@H]2CO1)c1ccccc1. The van der Waals surface area contributed by atoms with Crippen molar-refractivity contribution in [1.29, 1.82) is 0 Å². The van der Waals surface area contributed by atoms with Crippen LogP contribution in [0.15, 0.2) is 59.6 Å². The maximum Gasteiger partial charge on any atom is 0.192 e. The van der Waals surface area contributed by atoms with E-state index in [1.807, 2.05) is 6.07 Å². The summed E-state index contributed by atoms with van der Waals surface area (Å²) in [5.41, 5.74) is -0.179. The number of carbonyl (C=O) groups is 1. The van der Waals surface area contributed by atoms with Gasteiger partial charge in [-0.25, -0.2) is 13.8 Å². The lowest BCUT2D eigenvalue weighted by Crippen LogP contribution is -2.44. The molecule has 0 spiro atoms. The Hall–Kier alpha value is -2.60. The van der Waals surface area contributed by atoms with E-state index in [0.29, 0.717) is 11.1 Å². The topological polar surface area (TPSA) is 47.9 Å². The Labute approximate surface area is 155 Å². The number of carbonyl (C=O) groups excluding carboxylic acids is 1. The lowest BCUT2D eigenvalue weighted by Gasteiger charge is -2.36. The smallest absolute Gasteiger partial charge is 0.192 e. The number of rotatable bonds is 5. The zero-order valence-electron chi connectivity index (χ0n) is 14.6. The van der Waals surface area contributed by atoms with E-state index in [2.05, 4.69) is 4.99 Å². The molecule has 0 saturated carbocycles. The molecule has 3 atom stereocenters. The summed E-state index contributed by atoms with van der Waals surface area (Å²) in [6.07, 6.45) is -0.743. The van der Waals surface area contributed by atoms with Crippen LogP contribution in [0.4, 0.5) is 8.78 Å². The molecule has 27 heavy (non-hydrogen) atoms. The van der Waals surface area contributed by atoms with Crippen molar-refractivity contribution in [2.45, 2.75) is 18.1 Å². The molecule has 0 amide bonds. The van der Waals surface area contributed by atoms with E-state index in [1.165, 1.54) is 6.07 Å². The molecule has 1 fully saturated rings. The Bertz CT molecular complexity index is 871. The van der Waals surface area contributed by atoms with E-state index in [9.17, 15) is 13.6 Å². The number of halogens is 2. The van der Waals surface area contributed by atoms with Crippen molar-refractivity contribution in [2.24, 2.45) is 10.9 Å². The van der Waals surface area contributed by atoms with Gasteiger partial charge in [-0.2, -0.15) is 0 Å². The average molecular weight is 371 g/mol. The first-order valence-electron chi connectivity index (χ1n) is 8.86. The summed E-state index contributed by atoms with van der Waals surface area (Å²) in [4.78, 5) is 17.1. The summed E-state index contributed by atoms with van der Waals surface area (Å²) in [5, 5.41) is 0. The molecule has 2 aliphatic heterocycles. The van der Waals surface area contributed by atoms with Gasteiger partial charge in [0, 0.05) is 11.1 Å². The molecule has 1 saturated heterocycles. The van der Waals surface area contributed by atoms with E-state index in [1.54, 1.807) is 42.5 Å². The highest BCUT2D eigenvalue weighted by Crippen LogP contribution is 2.46. The highest BCUT2D eigenvalue weighted by Gasteiger charge is 2.54. The van der Waals surface area contributed by atoms with E-state index in [4.69, 9.17) is 9.47 Å². The van der Waals surface area contributed by atoms with Crippen molar-refractivity contribution in [3.05, 3.63) is 71.5 Å². The van der Waals surface area contributed by atoms with Crippen LogP contribution in [-0.4, -0.2) is 37.7 Å². The van der Waals surface area contributed by atoms with Crippen molar-refractivity contribution in [1.82, 2.24) is 0 Å². The molecular formula is C21H19F2NO3. The number of nitrogens with zero attached hydrogens (tertiary/aromatic N) is 1. The fraction of sp³-hybridized carbons (Fsp3) is 0.333. The minimum atomic E-state index is -1.08. The molecule has 2 aromatic rings. The summed E-state index contributed by atoms with van der Waals surface area (Å²) in [6.45, 7) is -0.512. The van der Waals surface area contributed by atoms with Crippen LogP contribution in [0.1, 0.15) is 22.3 Å². The zero-order valence-corrected chi connectivity index (χ0v) is 14.6. The number of fused-ring (bicyclic) bond motifs is 1. The van der Waals surface area contributed by atoms with Crippen molar-refractivity contribution >= 4 is 11.7 Å². The van der Waals surface area contributed by atoms with Gasteiger partial charge in [-0.05, 0) is 6.07 Å². The second-order valence-electron chi connectivity index (χ2n) is 6.80.